The maximum Gasteiger partial charge on any atom is 0.319 e. The number of hydrogen-bond donors (Lipinski definition) is 2. The van der Waals surface area contributed by atoms with Crippen LogP contribution in [0.15, 0.2) is 17.5 Å². The van der Waals surface area contributed by atoms with Crippen LogP contribution in [0.5, 0.6) is 0 Å². The van der Waals surface area contributed by atoms with E-state index in [1.165, 1.54) is 0 Å². The molecule has 1 amide bonds. The number of hydrogen-bond acceptors (Lipinski definition) is 3. The predicted molar refractivity (Wildman–Crippen MR) is 64.8 cm³/mol. The van der Waals surface area contributed by atoms with Gasteiger partial charge in [-0.3, -0.25) is 9.59 Å². The number of rotatable bonds is 4. The standard InChI is InChI=1S/C12H15NO3S/c1-8(9-4-2-7-17-9)13-10(14)12(11(15)16)5-3-6-12/h2,4,7-8H,3,5-6H2,1H3,(H,13,14)(H,15,16). The van der Waals surface area contributed by atoms with Crippen molar-refractivity contribution in [2.24, 2.45) is 5.41 Å². The molecule has 0 spiro atoms. The Kier molecular flexibility index (Phi) is 3.19. The molecule has 1 aromatic heterocycles. The second-order valence-electron chi connectivity index (χ2n) is 4.45. The maximum absolute atomic E-state index is 12.0. The third kappa shape index (κ3) is 2.07. The number of carboxylic acids is 1. The van der Waals surface area contributed by atoms with E-state index in [4.69, 9.17) is 5.11 Å². The maximum atomic E-state index is 12.0. The van der Waals surface area contributed by atoms with Gasteiger partial charge in [-0.25, -0.2) is 0 Å². The van der Waals surface area contributed by atoms with E-state index < -0.39 is 11.4 Å². The van der Waals surface area contributed by atoms with Gasteiger partial charge in [0.2, 0.25) is 5.91 Å². The lowest BCUT2D eigenvalue weighted by molar-refractivity contribution is -0.162. The van der Waals surface area contributed by atoms with Crippen molar-refractivity contribution in [1.29, 1.82) is 0 Å². The van der Waals surface area contributed by atoms with Crippen molar-refractivity contribution >= 4 is 23.2 Å². The molecule has 2 N–H and O–H groups in total. The summed E-state index contributed by atoms with van der Waals surface area (Å²) >= 11 is 1.56. The minimum absolute atomic E-state index is 0.126. The van der Waals surface area contributed by atoms with E-state index in [1.54, 1.807) is 11.3 Å². The molecule has 1 heterocycles. The quantitative estimate of drug-likeness (QED) is 0.808. The number of amides is 1. The molecule has 1 aromatic rings. The summed E-state index contributed by atoms with van der Waals surface area (Å²) in [5.41, 5.74) is -1.18. The molecule has 1 unspecified atom stereocenters. The fraction of sp³-hybridized carbons (Fsp3) is 0.500. The molecule has 1 atom stereocenters. The van der Waals surface area contributed by atoms with Gasteiger partial charge in [0.1, 0.15) is 5.41 Å². The molecule has 1 saturated carbocycles. The molecule has 0 aromatic carbocycles. The van der Waals surface area contributed by atoms with E-state index in [-0.39, 0.29) is 11.9 Å². The summed E-state index contributed by atoms with van der Waals surface area (Å²) < 4.78 is 0. The minimum Gasteiger partial charge on any atom is -0.480 e. The first-order valence-electron chi connectivity index (χ1n) is 5.64. The summed E-state index contributed by atoms with van der Waals surface area (Å²) in [6.45, 7) is 1.87. The number of nitrogens with one attached hydrogen (secondary N) is 1. The third-order valence-corrected chi connectivity index (χ3v) is 4.42. The van der Waals surface area contributed by atoms with Crippen molar-refractivity contribution in [2.45, 2.75) is 32.2 Å². The fourth-order valence-corrected chi connectivity index (χ4v) is 2.75. The summed E-state index contributed by atoms with van der Waals surface area (Å²) in [5, 5.41) is 13.9. The van der Waals surface area contributed by atoms with E-state index >= 15 is 0 Å². The molecule has 5 heteroatoms. The Bertz CT molecular complexity index is 423. The highest BCUT2D eigenvalue weighted by molar-refractivity contribution is 7.10. The summed E-state index contributed by atoms with van der Waals surface area (Å²) in [5.74, 6) is -1.35. The van der Waals surface area contributed by atoms with Crippen LogP contribution in [0.2, 0.25) is 0 Å². The average Bonchev–Trinajstić information content (AvgIpc) is 2.66. The molecule has 0 saturated heterocycles. The lowest BCUT2D eigenvalue weighted by atomic mass is 9.68. The highest BCUT2D eigenvalue weighted by Crippen LogP contribution is 2.41. The molecular formula is C12H15NO3S. The van der Waals surface area contributed by atoms with Crippen LogP contribution in [0.25, 0.3) is 0 Å². The Hall–Kier alpha value is -1.36. The molecule has 92 valence electrons. The number of carbonyl (C=O) groups is 2. The lowest BCUT2D eigenvalue weighted by Gasteiger charge is -2.36. The van der Waals surface area contributed by atoms with E-state index in [0.717, 1.165) is 11.3 Å². The number of thiophene rings is 1. The van der Waals surface area contributed by atoms with Crippen molar-refractivity contribution in [3.8, 4) is 0 Å². The zero-order chi connectivity index (χ0) is 12.5. The molecule has 2 rings (SSSR count). The van der Waals surface area contributed by atoms with Gasteiger partial charge in [-0.1, -0.05) is 12.5 Å². The summed E-state index contributed by atoms with van der Waals surface area (Å²) in [6.07, 6.45) is 1.71. The lowest BCUT2D eigenvalue weighted by Crippen LogP contribution is -2.51. The van der Waals surface area contributed by atoms with Crippen LogP contribution < -0.4 is 5.32 Å². The van der Waals surface area contributed by atoms with Gasteiger partial charge in [0.25, 0.3) is 0 Å². The first kappa shape index (κ1) is 12.1. The molecule has 0 bridgehead atoms. The van der Waals surface area contributed by atoms with E-state index in [2.05, 4.69) is 5.32 Å². The Morgan fingerprint density at radius 2 is 2.24 bits per heavy atom. The Balaban J connectivity index is 2.04. The second kappa shape index (κ2) is 4.49. The molecular weight excluding hydrogens is 238 g/mol. The molecule has 1 aliphatic rings. The van der Waals surface area contributed by atoms with Crippen molar-refractivity contribution in [1.82, 2.24) is 5.32 Å². The Labute approximate surface area is 104 Å². The molecule has 0 aliphatic heterocycles. The van der Waals surface area contributed by atoms with E-state index in [1.807, 2.05) is 24.4 Å². The van der Waals surface area contributed by atoms with Crippen LogP contribution in [0.1, 0.15) is 37.1 Å². The summed E-state index contributed by atoms with van der Waals surface area (Å²) in [4.78, 5) is 24.2. The van der Waals surface area contributed by atoms with Crippen LogP contribution >= 0.6 is 11.3 Å². The first-order valence-corrected chi connectivity index (χ1v) is 6.52. The van der Waals surface area contributed by atoms with Gasteiger partial charge in [0.05, 0.1) is 6.04 Å². The normalized spacial score (nSPS) is 19.1. The van der Waals surface area contributed by atoms with Gasteiger partial charge in [0.15, 0.2) is 0 Å². The SMILES string of the molecule is CC(NC(=O)C1(C(=O)O)CCC1)c1cccs1. The molecule has 4 nitrogen and oxygen atoms in total. The van der Waals surface area contributed by atoms with Crippen LogP contribution in [-0.4, -0.2) is 17.0 Å². The van der Waals surface area contributed by atoms with Crippen LogP contribution in [0.4, 0.5) is 0 Å². The number of carboxylic acid groups (broad SMARTS) is 1. The van der Waals surface area contributed by atoms with Crippen LogP contribution in [-0.2, 0) is 9.59 Å². The number of carbonyl (C=O) groups excluding carboxylic acids is 1. The van der Waals surface area contributed by atoms with Crippen molar-refractivity contribution in [3.05, 3.63) is 22.4 Å². The molecule has 1 fully saturated rings. The highest BCUT2D eigenvalue weighted by atomic mass is 32.1. The van der Waals surface area contributed by atoms with Gasteiger partial charge >= 0.3 is 5.97 Å². The fourth-order valence-electron chi connectivity index (χ4n) is 2.01. The van der Waals surface area contributed by atoms with Gasteiger partial charge < -0.3 is 10.4 Å². The molecule has 0 radical (unpaired) electrons. The zero-order valence-electron chi connectivity index (χ0n) is 9.60. The first-order chi connectivity index (χ1) is 8.06. The zero-order valence-corrected chi connectivity index (χ0v) is 10.4. The summed E-state index contributed by atoms with van der Waals surface area (Å²) in [7, 11) is 0. The van der Waals surface area contributed by atoms with Gasteiger partial charge in [-0.15, -0.1) is 11.3 Å². The highest BCUT2D eigenvalue weighted by Gasteiger charge is 2.51. The Morgan fingerprint density at radius 3 is 2.65 bits per heavy atom. The largest absolute Gasteiger partial charge is 0.480 e. The van der Waals surface area contributed by atoms with Crippen LogP contribution in [0, 0.1) is 5.41 Å². The van der Waals surface area contributed by atoms with E-state index in [0.29, 0.717) is 12.8 Å². The minimum atomic E-state index is -1.18. The predicted octanol–water partition coefficient (Wildman–Crippen LogP) is 2.18. The van der Waals surface area contributed by atoms with E-state index in [9.17, 15) is 9.59 Å². The Morgan fingerprint density at radius 1 is 1.53 bits per heavy atom. The smallest absolute Gasteiger partial charge is 0.319 e. The van der Waals surface area contributed by atoms with Gasteiger partial charge in [-0.2, -0.15) is 0 Å². The third-order valence-electron chi connectivity index (χ3n) is 3.37. The van der Waals surface area contributed by atoms with Crippen molar-refractivity contribution in [2.75, 3.05) is 0 Å². The second-order valence-corrected chi connectivity index (χ2v) is 5.43. The monoisotopic (exact) mass is 253 g/mol. The van der Waals surface area contributed by atoms with Crippen molar-refractivity contribution < 1.29 is 14.7 Å². The van der Waals surface area contributed by atoms with Gasteiger partial charge in [0, 0.05) is 4.88 Å². The topological polar surface area (TPSA) is 66.4 Å². The number of aliphatic carboxylic acids is 1. The molecule has 1 aliphatic carbocycles. The average molecular weight is 253 g/mol. The summed E-state index contributed by atoms with van der Waals surface area (Å²) in [6, 6.07) is 3.72. The van der Waals surface area contributed by atoms with Crippen molar-refractivity contribution in [3.63, 3.8) is 0 Å². The molecule has 17 heavy (non-hydrogen) atoms. The van der Waals surface area contributed by atoms with Crippen LogP contribution in [0.3, 0.4) is 0 Å². The van der Waals surface area contributed by atoms with Gasteiger partial charge in [-0.05, 0) is 31.2 Å².